The monoisotopic (exact) mass is 603 g/mol. The van der Waals surface area contributed by atoms with Crippen LogP contribution in [0.3, 0.4) is 0 Å². The quantitative estimate of drug-likeness (QED) is 0.318. The summed E-state index contributed by atoms with van der Waals surface area (Å²) >= 11 is 3.34. The molecule has 1 saturated heterocycles. The van der Waals surface area contributed by atoms with Crippen LogP contribution in [-0.4, -0.2) is 64.9 Å². The highest BCUT2D eigenvalue weighted by molar-refractivity contribution is 9.10. The average Bonchev–Trinajstić information content (AvgIpc) is 3.40. The van der Waals surface area contributed by atoms with E-state index in [1.807, 2.05) is 13.0 Å². The molecule has 1 aliphatic carbocycles. The highest BCUT2D eigenvalue weighted by Gasteiger charge is 2.56. The summed E-state index contributed by atoms with van der Waals surface area (Å²) in [6.07, 6.45) is 4.21. The summed E-state index contributed by atoms with van der Waals surface area (Å²) < 4.78 is 2.06. The second kappa shape index (κ2) is 9.73. The first-order chi connectivity index (χ1) is 19.1. The van der Waals surface area contributed by atoms with Crippen molar-refractivity contribution in [2.24, 2.45) is 17.6 Å². The number of amides is 3. The number of carbonyl (C=O) groups is 3. The summed E-state index contributed by atoms with van der Waals surface area (Å²) in [5.74, 6) is 0.213. The molecule has 2 fully saturated rings. The first-order valence-electron chi connectivity index (χ1n) is 12.8. The topological polar surface area (TPSA) is 162 Å². The van der Waals surface area contributed by atoms with Gasteiger partial charge in [0.1, 0.15) is 28.8 Å². The van der Waals surface area contributed by atoms with E-state index >= 15 is 0 Å². The molecule has 4 aromatic heterocycles. The van der Waals surface area contributed by atoms with E-state index in [2.05, 4.69) is 46.3 Å². The lowest BCUT2D eigenvalue weighted by atomic mass is 10.1. The fourth-order valence-corrected chi connectivity index (χ4v) is 5.77. The molecule has 40 heavy (non-hydrogen) atoms. The molecule has 0 bridgehead atoms. The number of aryl methyl sites for hydroxylation is 3. The molecule has 13 heteroatoms. The van der Waals surface area contributed by atoms with Crippen LogP contribution >= 0.6 is 15.9 Å². The van der Waals surface area contributed by atoms with Crippen LogP contribution in [0.15, 0.2) is 35.2 Å². The van der Waals surface area contributed by atoms with Crippen LogP contribution in [0.4, 0.5) is 5.82 Å². The number of nitrogens with zero attached hydrogens (tertiary/aromatic N) is 7. The van der Waals surface area contributed by atoms with Crippen molar-refractivity contribution in [1.82, 2.24) is 34.6 Å². The van der Waals surface area contributed by atoms with Gasteiger partial charge in [-0.1, -0.05) is 6.07 Å². The van der Waals surface area contributed by atoms with E-state index in [-0.39, 0.29) is 35.9 Å². The third-order valence-corrected chi connectivity index (χ3v) is 7.98. The van der Waals surface area contributed by atoms with E-state index in [1.165, 1.54) is 4.68 Å². The molecule has 3 amide bonds. The summed E-state index contributed by atoms with van der Waals surface area (Å²) in [7, 11) is 0. The van der Waals surface area contributed by atoms with Crippen LogP contribution in [-0.2, 0) is 16.1 Å². The Morgan fingerprint density at radius 3 is 2.60 bits per heavy atom. The average molecular weight is 604 g/mol. The predicted octanol–water partition coefficient (Wildman–Crippen LogP) is 2.56. The number of fused-ring (bicyclic) bond motifs is 2. The van der Waals surface area contributed by atoms with Crippen molar-refractivity contribution in [3.63, 3.8) is 0 Å². The van der Waals surface area contributed by atoms with E-state index in [1.54, 1.807) is 43.3 Å². The minimum Gasteiger partial charge on any atom is -0.364 e. The Morgan fingerprint density at radius 2 is 1.88 bits per heavy atom. The van der Waals surface area contributed by atoms with Crippen molar-refractivity contribution in [3.05, 3.63) is 58.0 Å². The number of halogens is 1. The van der Waals surface area contributed by atoms with Crippen molar-refractivity contribution < 1.29 is 14.4 Å². The molecule has 204 valence electrons. The van der Waals surface area contributed by atoms with Gasteiger partial charge >= 0.3 is 0 Å². The third-order valence-electron chi connectivity index (χ3n) is 7.54. The van der Waals surface area contributed by atoms with E-state index in [0.29, 0.717) is 50.6 Å². The van der Waals surface area contributed by atoms with Crippen LogP contribution in [0, 0.1) is 32.6 Å². The van der Waals surface area contributed by atoms with Crippen LogP contribution in [0.2, 0.25) is 0 Å². The molecule has 1 saturated carbocycles. The van der Waals surface area contributed by atoms with Gasteiger partial charge in [-0.15, -0.1) is 0 Å². The number of anilines is 1. The number of piperidine rings is 1. The summed E-state index contributed by atoms with van der Waals surface area (Å²) in [5, 5.41) is 7.80. The maximum Gasteiger partial charge on any atom is 0.269 e. The number of pyridine rings is 2. The minimum atomic E-state index is -0.718. The van der Waals surface area contributed by atoms with E-state index in [0.717, 1.165) is 12.0 Å². The molecule has 3 N–H and O–H groups in total. The number of nitrogens with one attached hydrogen (secondary N) is 1. The Labute approximate surface area is 237 Å². The summed E-state index contributed by atoms with van der Waals surface area (Å²) in [5.41, 5.74) is 8.86. The zero-order valence-corrected chi connectivity index (χ0v) is 23.6. The molecule has 5 heterocycles. The standard InChI is InChI=1S/C27H26BrN9O3/c1-12-4-5-20(28)33-26(12)34-27(40)24-17-6-15(17)10-36(24)21(38)11-37-23-13(2)32-19(16-8-30-14(3)31-9-16)7-18(23)22(35-37)25(29)39/h4-5,7-9,15,17,24H,6,10-11H2,1-3H3,(H2,29,39)(H,33,34,40). The second-order valence-electron chi connectivity index (χ2n) is 10.3. The third kappa shape index (κ3) is 4.59. The highest BCUT2D eigenvalue weighted by Crippen LogP contribution is 2.50. The summed E-state index contributed by atoms with van der Waals surface area (Å²) in [4.78, 5) is 58.4. The van der Waals surface area contributed by atoms with Crippen LogP contribution in [0.25, 0.3) is 22.2 Å². The molecule has 1 aliphatic heterocycles. The number of hydrogen-bond donors (Lipinski definition) is 2. The Bertz CT molecular complexity index is 1700. The molecule has 3 atom stereocenters. The molecule has 4 aromatic rings. The van der Waals surface area contributed by atoms with E-state index < -0.39 is 11.9 Å². The highest BCUT2D eigenvalue weighted by atomic mass is 79.9. The van der Waals surface area contributed by atoms with Crippen LogP contribution < -0.4 is 11.1 Å². The number of hydrogen-bond acceptors (Lipinski definition) is 8. The first-order valence-corrected chi connectivity index (χ1v) is 13.6. The van der Waals surface area contributed by atoms with Gasteiger partial charge in [-0.25, -0.2) is 15.0 Å². The number of aromatic nitrogens is 6. The maximum atomic E-state index is 13.6. The first kappa shape index (κ1) is 26.0. The van der Waals surface area contributed by atoms with Crippen molar-refractivity contribution in [3.8, 4) is 11.3 Å². The number of carbonyl (C=O) groups excluding carboxylic acids is 3. The van der Waals surface area contributed by atoms with Gasteiger partial charge in [-0.05, 0) is 72.7 Å². The van der Waals surface area contributed by atoms with Gasteiger partial charge in [0, 0.05) is 29.9 Å². The minimum absolute atomic E-state index is 0.0392. The Kier molecular flexibility index (Phi) is 6.32. The van der Waals surface area contributed by atoms with Crippen molar-refractivity contribution >= 4 is 50.4 Å². The lowest BCUT2D eigenvalue weighted by Gasteiger charge is -2.27. The maximum absolute atomic E-state index is 13.6. The van der Waals surface area contributed by atoms with Crippen LogP contribution in [0.5, 0.6) is 0 Å². The Hall–Kier alpha value is -4.26. The molecule has 2 aliphatic rings. The molecular formula is C27H26BrN9O3. The van der Waals surface area contributed by atoms with E-state index in [9.17, 15) is 14.4 Å². The summed E-state index contributed by atoms with van der Waals surface area (Å²) in [6.45, 7) is 5.75. The van der Waals surface area contributed by atoms with Gasteiger partial charge in [0.2, 0.25) is 11.8 Å². The van der Waals surface area contributed by atoms with Gasteiger partial charge in [-0.2, -0.15) is 5.10 Å². The lowest BCUT2D eigenvalue weighted by Crippen LogP contribution is -2.47. The molecule has 6 rings (SSSR count). The zero-order valence-electron chi connectivity index (χ0n) is 22.1. The molecule has 12 nitrogen and oxygen atoms in total. The zero-order chi connectivity index (χ0) is 28.3. The molecule has 0 aromatic carbocycles. The largest absolute Gasteiger partial charge is 0.364 e. The molecule has 0 spiro atoms. The molecular weight excluding hydrogens is 578 g/mol. The van der Waals surface area contributed by atoms with Crippen molar-refractivity contribution in [2.45, 2.75) is 39.8 Å². The van der Waals surface area contributed by atoms with Gasteiger partial charge in [0.15, 0.2) is 5.69 Å². The van der Waals surface area contributed by atoms with Crippen molar-refractivity contribution in [2.75, 3.05) is 11.9 Å². The normalized spacial score (nSPS) is 19.5. The number of primary amides is 1. The van der Waals surface area contributed by atoms with Crippen LogP contribution in [0.1, 0.15) is 34.0 Å². The fraction of sp³-hybridized carbons (Fsp3) is 0.333. The van der Waals surface area contributed by atoms with Crippen molar-refractivity contribution in [1.29, 1.82) is 0 Å². The fourth-order valence-electron chi connectivity index (χ4n) is 5.46. The molecule has 3 unspecified atom stereocenters. The Balaban J connectivity index is 1.30. The van der Waals surface area contributed by atoms with Gasteiger partial charge in [0.05, 0.1) is 16.9 Å². The summed E-state index contributed by atoms with van der Waals surface area (Å²) in [6, 6.07) is 4.76. The van der Waals surface area contributed by atoms with Gasteiger partial charge in [-0.3, -0.25) is 24.0 Å². The second-order valence-corrected chi connectivity index (χ2v) is 11.1. The lowest BCUT2D eigenvalue weighted by molar-refractivity contribution is -0.138. The predicted molar refractivity (Wildman–Crippen MR) is 149 cm³/mol. The SMILES string of the molecule is Cc1ncc(-c2cc3c(C(N)=O)nn(CC(=O)N4CC5CC5C4C(=O)Nc4nc(Br)ccc4C)c3c(C)n2)cn1. The number of likely N-dealkylation sites (tertiary alicyclic amines) is 1. The number of rotatable bonds is 6. The van der Waals surface area contributed by atoms with Gasteiger partial charge in [0.25, 0.3) is 5.91 Å². The van der Waals surface area contributed by atoms with Gasteiger partial charge < -0.3 is 16.0 Å². The number of nitrogens with two attached hydrogens (primary N) is 1. The van der Waals surface area contributed by atoms with E-state index in [4.69, 9.17) is 5.73 Å². The Morgan fingerprint density at radius 1 is 1.12 bits per heavy atom. The molecule has 0 radical (unpaired) electrons. The smallest absolute Gasteiger partial charge is 0.269 e.